The van der Waals surface area contributed by atoms with E-state index in [9.17, 15) is 14.4 Å². The quantitative estimate of drug-likeness (QED) is 0.482. The maximum atomic E-state index is 12.0. The Morgan fingerprint density at radius 3 is 2.59 bits per heavy atom. The zero-order valence-electron chi connectivity index (χ0n) is 17.7. The Hall–Kier alpha value is -4.12. The number of nitrogens with zero attached hydrogens (tertiary/aromatic N) is 2. The summed E-state index contributed by atoms with van der Waals surface area (Å²) in [7, 11) is 0. The van der Waals surface area contributed by atoms with Gasteiger partial charge in [-0.3, -0.25) is 14.9 Å². The fraction of sp³-hybridized carbons (Fsp3) is 0.227. The van der Waals surface area contributed by atoms with Crippen LogP contribution in [0.15, 0.2) is 47.0 Å². The second-order valence-electron chi connectivity index (χ2n) is 7.04. The number of amides is 3. The van der Waals surface area contributed by atoms with Gasteiger partial charge in [-0.15, -0.1) is 0 Å². The van der Waals surface area contributed by atoms with Gasteiger partial charge in [-0.1, -0.05) is 16.8 Å². The Bertz CT molecular complexity index is 1200. The minimum Gasteiger partial charge on any atom is -0.486 e. The van der Waals surface area contributed by atoms with Crippen LogP contribution in [0, 0.1) is 0 Å². The first kappa shape index (κ1) is 23.1. The number of aryl methyl sites for hydroxylation is 1. The molecule has 3 amide bonds. The number of nitrogens with one attached hydrogen (secondary N) is 2. The minimum absolute atomic E-state index is 0.0844. The van der Waals surface area contributed by atoms with Crippen molar-refractivity contribution in [3.05, 3.63) is 53.4 Å². The molecule has 11 nitrogen and oxygen atoms in total. The number of hydrogen-bond donors (Lipinski definition) is 2. The molecule has 1 aliphatic heterocycles. The van der Waals surface area contributed by atoms with Crippen LogP contribution in [0.25, 0.3) is 11.4 Å². The van der Waals surface area contributed by atoms with E-state index >= 15 is 0 Å². The minimum atomic E-state index is -0.786. The lowest BCUT2D eigenvalue weighted by Gasteiger charge is -2.19. The summed E-state index contributed by atoms with van der Waals surface area (Å²) in [6, 6.07) is 10.9. The van der Waals surface area contributed by atoms with Crippen molar-refractivity contribution in [2.75, 3.05) is 25.1 Å². The summed E-state index contributed by atoms with van der Waals surface area (Å²) < 4.78 is 20.8. The van der Waals surface area contributed by atoms with Crippen molar-refractivity contribution < 1.29 is 33.1 Å². The van der Waals surface area contributed by atoms with Gasteiger partial charge in [0.2, 0.25) is 11.7 Å². The maximum absolute atomic E-state index is 12.0. The van der Waals surface area contributed by atoms with E-state index in [1.165, 1.54) is 0 Å². The van der Waals surface area contributed by atoms with Gasteiger partial charge in [-0.25, -0.2) is 4.79 Å². The van der Waals surface area contributed by atoms with Gasteiger partial charge in [0.15, 0.2) is 18.1 Å². The molecular formula is C22H19ClN4O7. The van der Waals surface area contributed by atoms with Crippen LogP contribution in [0.3, 0.4) is 0 Å². The highest BCUT2D eigenvalue weighted by atomic mass is 35.5. The smallest absolute Gasteiger partial charge is 0.325 e. The molecule has 34 heavy (non-hydrogen) atoms. The second-order valence-corrected chi connectivity index (χ2v) is 7.48. The average Bonchev–Trinajstić information content (AvgIpc) is 3.31. The van der Waals surface area contributed by atoms with Gasteiger partial charge in [-0.2, -0.15) is 4.98 Å². The Kier molecular flexibility index (Phi) is 7.23. The Morgan fingerprint density at radius 2 is 1.79 bits per heavy atom. The summed E-state index contributed by atoms with van der Waals surface area (Å²) >= 11 is 5.85. The Morgan fingerprint density at radius 1 is 1.03 bits per heavy atom. The zero-order chi connectivity index (χ0) is 23.9. The van der Waals surface area contributed by atoms with E-state index < -0.39 is 24.5 Å². The maximum Gasteiger partial charge on any atom is 0.325 e. The summed E-state index contributed by atoms with van der Waals surface area (Å²) in [6.07, 6.45) is 0.0462. The predicted molar refractivity (Wildman–Crippen MR) is 119 cm³/mol. The van der Waals surface area contributed by atoms with E-state index in [0.29, 0.717) is 46.8 Å². The molecular weight excluding hydrogens is 468 g/mol. The number of benzene rings is 2. The molecule has 3 aromatic rings. The van der Waals surface area contributed by atoms with Gasteiger partial charge >= 0.3 is 12.0 Å². The number of aromatic nitrogens is 2. The highest BCUT2D eigenvalue weighted by molar-refractivity contribution is 6.30. The van der Waals surface area contributed by atoms with Crippen LogP contribution in [-0.4, -0.2) is 47.9 Å². The van der Waals surface area contributed by atoms with Crippen molar-refractivity contribution in [1.82, 2.24) is 15.5 Å². The number of carbonyl (C=O) groups is 3. The Labute approximate surface area is 198 Å². The zero-order valence-corrected chi connectivity index (χ0v) is 18.5. The van der Waals surface area contributed by atoms with Gasteiger partial charge < -0.3 is 24.1 Å². The monoisotopic (exact) mass is 486 g/mol. The number of carbonyl (C=O) groups excluding carboxylic acids is 3. The SMILES string of the molecule is O=C(COC(=O)CCc1nc(-c2ccc(Cl)cc2)no1)NC(=O)Nc1ccc2c(c1)OCCO2. The van der Waals surface area contributed by atoms with Crippen molar-refractivity contribution in [2.45, 2.75) is 12.8 Å². The van der Waals surface area contributed by atoms with Gasteiger partial charge in [-0.05, 0) is 36.4 Å². The lowest BCUT2D eigenvalue weighted by Crippen LogP contribution is -2.37. The summed E-state index contributed by atoms with van der Waals surface area (Å²) in [5, 5.41) is 9.01. The van der Waals surface area contributed by atoms with Crippen molar-refractivity contribution in [3.8, 4) is 22.9 Å². The lowest BCUT2D eigenvalue weighted by atomic mass is 10.2. The number of esters is 1. The molecule has 0 unspecified atom stereocenters. The molecule has 2 heterocycles. The second kappa shape index (κ2) is 10.7. The first-order valence-corrected chi connectivity index (χ1v) is 10.6. The van der Waals surface area contributed by atoms with Crippen LogP contribution in [-0.2, 0) is 20.7 Å². The number of hydrogen-bond acceptors (Lipinski definition) is 9. The molecule has 2 N–H and O–H groups in total. The van der Waals surface area contributed by atoms with E-state index in [2.05, 4.69) is 20.8 Å². The van der Waals surface area contributed by atoms with Crippen LogP contribution in [0.5, 0.6) is 11.5 Å². The summed E-state index contributed by atoms with van der Waals surface area (Å²) in [4.78, 5) is 40.0. The van der Waals surface area contributed by atoms with E-state index in [0.717, 1.165) is 0 Å². The van der Waals surface area contributed by atoms with Crippen LogP contribution < -0.4 is 20.1 Å². The number of halogens is 1. The largest absolute Gasteiger partial charge is 0.486 e. The summed E-state index contributed by atoms with van der Waals surface area (Å²) in [5.74, 6) is 0.223. The lowest BCUT2D eigenvalue weighted by molar-refractivity contribution is -0.148. The molecule has 0 aliphatic carbocycles. The molecule has 0 saturated carbocycles. The van der Waals surface area contributed by atoms with Gasteiger partial charge in [0, 0.05) is 28.8 Å². The van der Waals surface area contributed by atoms with Crippen molar-refractivity contribution in [3.63, 3.8) is 0 Å². The van der Waals surface area contributed by atoms with Gasteiger partial charge in [0.05, 0.1) is 6.42 Å². The van der Waals surface area contributed by atoms with Crippen LogP contribution >= 0.6 is 11.6 Å². The number of urea groups is 1. The number of ether oxygens (including phenoxy) is 3. The molecule has 176 valence electrons. The van der Waals surface area contributed by atoms with Crippen LogP contribution in [0.2, 0.25) is 5.02 Å². The van der Waals surface area contributed by atoms with Crippen molar-refractivity contribution in [2.24, 2.45) is 0 Å². The highest BCUT2D eigenvalue weighted by Gasteiger charge is 2.16. The number of fused-ring (bicyclic) bond motifs is 1. The van der Waals surface area contributed by atoms with E-state index in [-0.39, 0.29) is 18.7 Å². The van der Waals surface area contributed by atoms with Crippen molar-refractivity contribution in [1.29, 1.82) is 0 Å². The normalized spacial score (nSPS) is 12.0. The molecule has 1 aromatic heterocycles. The Balaban J connectivity index is 1.17. The molecule has 4 rings (SSSR count). The molecule has 0 saturated heterocycles. The fourth-order valence-corrected chi connectivity index (χ4v) is 3.07. The first-order chi connectivity index (χ1) is 16.5. The molecule has 12 heteroatoms. The van der Waals surface area contributed by atoms with Gasteiger partial charge in [0.25, 0.3) is 5.91 Å². The van der Waals surface area contributed by atoms with Crippen LogP contribution in [0.1, 0.15) is 12.3 Å². The van der Waals surface area contributed by atoms with E-state index in [4.69, 9.17) is 30.3 Å². The summed E-state index contributed by atoms with van der Waals surface area (Å²) in [5.41, 5.74) is 1.12. The average molecular weight is 487 g/mol. The first-order valence-electron chi connectivity index (χ1n) is 10.2. The van der Waals surface area contributed by atoms with Crippen LogP contribution in [0.4, 0.5) is 10.5 Å². The third kappa shape index (κ3) is 6.23. The molecule has 0 fully saturated rings. The van der Waals surface area contributed by atoms with Gasteiger partial charge in [0.1, 0.15) is 13.2 Å². The molecule has 0 bridgehead atoms. The number of imide groups is 1. The predicted octanol–water partition coefficient (Wildman–Crippen LogP) is 2.99. The number of anilines is 1. The molecule has 0 atom stereocenters. The molecule has 2 aromatic carbocycles. The number of rotatable bonds is 7. The molecule has 1 aliphatic rings. The van der Waals surface area contributed by atoms with E-state index in [1.54, 1.807) is 42.5 Å². The third-order valence-electron chi connectivity index (χ3n) is 4.53. The third-order valence-corrected chi connectivity index (χ3v) is 4.78. The standard InChI is InChI=1S/C22H19ClN4O7/c23-14-3-1-13(2-4-14)21-26-19(34-27-21)7-8-20(29)33-12-18(28)25-22(30)24-15-5-6-16-17(11-15)32-10-9-31-16/h1-6,11H,7-10,12H2,(H2,24,25,28,30). The topological polar surface area (TPSA) is 142 Å². The highest BCUT2D eigenvalue weighted by Crippen LogP contribution is 2.32. The van der Waals surface area contributed by atoms with E-state index in [1.807, 2.05) is 0 Å². The summed E-state index contributed by atoms with van der Waals surface area (Å²) in [6.45, 7) is 0.239. The molecule has 0 spiro atoms. The molecule has 0 radical (unpaired) electrons. The van der Waals surface area contributed by atoms with Crippen molar-refractivity contribution >= 4 is 35.2 Å². The fourth-order valence-electron chi connectivity index (χ4n) is 2.95.